The van der Waals surface area contributed by atoms with Crippen LogP contribution in [0.25, 0.3) is 0 Å². The first-order valence-electron chi connectivity index (χ1n) is 15.5. The highest BCUT2D eigenvalue weighted by Crippen LogP contribution is 2.29. The van der Waals surface area contributed by atoms with Crippen LogP contribution in [0.1, 0.15) is 37.8 Å². The number of hydrogen-bond donors (Lipinski definition) is 2. The van der Waals surface area contributed by atoms with Gasteiger partial charge in [-0.25, -0.2) is 13.2 Å². The predicted molar refractivity (Wildman–Crippen MR) is 175 cm³/mol. The Morgan fingerprint density at radius 3 is 2.26 bits per heavy atom. The van der Waals surface area contributed by atoms with Crippen LogP contribution in [0, 0.1) is 16.7 Å². The Bertz CT molecular complexity index is 1540. The fraction of sp³-hybridized carbons (Fsp3) is 0.429. The lowest BCUT2D eigenvalue weighted by atomic mass is 9.88. The molecule has 1 saturated heterocycles. The number of carbonyl (C=O) groups excluding carboxylic acids is 1. The van der Waals surface area contributed by atoms with E-state index in [-0.39, 0.29) is 50.8 Å². The minimum absolute atomic E-state index is 0.0251. The molecule has 1 amide bonds. The molecule has 0 bridgehead atoms. The van der Waals surface area contributed by atoms with E-state index >= 15 is 0 Å². The van der Waals surface area contributed by atoms with Gasteiger partial charge in [-0.2, -0.15) is 9.57 Å². The van der Waals surface area contributed by atoms with Gasteiger partial charge in [0.15, 0.2) is 6.10 Å². The van der Waals surface area contributed by atoms with E-state index in [2.05, 4.69) is 11.4 Å². The maximum atomic E-state index is 14.1. The Balaban J connectivity index is 1.55. The number of hydrogen-bond acceptors (Lipinski definition) is 9. The van der Waals surface area contributed by atoms with Crippen LogP contribution in [0.3, 0.4) is 0 Å². The maximum absolute atomic E-state index is 14.1. The van der Waals surface area contributed by atoms with Crippen molar-refractivity contribution in [2.75, 3.05) is 33.1 Å². The van der Waals surface area contributed by atoms with Crippen LogP contribution in [0.4, 0.5) is 4.79 Å². The monoisotopic (exact) mass is 665 g/mol. The number of aliphatic hydroxyl groups is 1. The lowest BCUT2D eigenvalue weighted by molar-refractivity contribution is -0.151. The van der Waals surface area contributed by atoms with Gasteiger partial charge >= 0.3 is 6.09 Å². The molecule has 0 radical (unpaired) electrons. The van der Waals surface area contributed by atoms with Gasteiger partial charge in [-0.3, -0.25) is 0 Å². The maximum Gasteiger partial charge on any atom is 0.407 e. The molecule has 1 heterocycles. The average molecular weight is 666 g/mol. The summed E-state index contributed by atoms with van der Waals surface area (Å²) in [5, 5.41) is 23.5. The first-order valence-corrected chi connectivity index (χ1v) is 17.0. The summed E-state index contributed by atoms with van der Waals surface area (Å²) in [7, 11) is -4.14. The number of nitriles is 1. The van der Waals surface area contributed by atoms with Crippen LogP contribution in [0.15, 0.2) is 89.8 Å². The van der Waals surface area contributed by atoms with Crippen molar-refractivity contribution in [3.05, 3.63) is 96.1 Å². The lowest BCUT2D eigenvalue weighted by Gasteiger charge is -2.35. The van der Waals surface area contributed by atoms with E-state index in [0.29, 0.717) is 18.8 Å². The number of aliphatic hydroxyl groups excluding tert-OH is 1. The minimum atomic E-state index is -4.14. The Morgan fingerprint density at radius 2 is 1.64 bits per heavy atom. The summed E-state index contributed by atoms with van der Waals surface area (Å²) < 4.78 is 51.2. The second kappa shape index (κ2) is 17.2. The van der Waals surface area contributed by atoms with Crippen molar-refractivity contribution in [3.8, 4) is 11.8 Å². The third-order valence-corrected chi connectivity index (χ3v) is 9.56. The summed E-state index contributed by atoms with van der Waals surface area (Å²) in [5.74, 6) is 0.508. The zero-order valence-electron chi connectivity index (χ0n) is 26.8. The standard InChI is InChI=1S/C35H43N3O8S/c1-35(2,18-9-19-36)25-38(47(41,42)31-16-14-29(15-17-31)45-22-28-12-7-4-8-13-28)21-33(39)32(20-27-10-5-3-6-11-27)37-34(40)46-30-23-43-26-44-24-30/h3-8,10-17,30,32-33,39H,9,18,20-26H2,1-2H3,(H,37,40). The van der Waals surface area contributed by atoms with E-state index in [1.807, 2.05) is 74.5 Å². The largest absolute Gasteiger partial charge is 0.489 e. The molecule has 47 heavy (non-hydrogen) atoms. The van der Waals surface area contributed by atoms with E-state index in [1.165, 1.54) is 16.4 Å². The second-order valence-electron chi connectivity index (χ2n) is 12.3. The van der Waals surface area contributed by atoms with Crippen LogP contribution in [0.2, 0.25) is 0 Å². The summed E-state index contributed by atoms with van der Waals surface area (Å²) in [6.45, 7) is 4.28. The summed E-state index contributed by atoms with van der Waals surface area (Å²) in [6, 6.07) is 26.3. The highest BCUT2D eigenvalue weighted by atomic mass is 32.2. The zero-order chi connectivity index (χ0) is 33.7. The molecule has 12 heteroatoms. The molecule has 0 spiro atoms. The smallest absolute Gasteiger partial charge is 0.407 e. The number of amides is 1. The van der Waals surface area contributed by atoms with Gasteiger partial charge in [0.25, 0.3) is 0 Å². The van der Waals surface area contributed by atoms with E-state index in [9.17, 15) is 23.6 Å². The molecule has 11 nitrogen and oxygen atoms in total. The Kier molecular flexibility index (Phi) is 13.2. The van der Waals surface area contributed by atoms with Crippen molar-refractivity contribution in [2.45, 2.75) is 62.9 Å². The number of sulfonamides is 1. The van der Waals surface area contributed by atoms with Crippen molar-refractivity contribution in [1.82, 2.24) is 9.62 Å². The molecular weight excluding hydrogens is 622 g/mol. The normalized spacial score (nSPS) is 15.4. The number of nitrogens with one attached hydrogen (secondary N) is 1. The van der Waals surface area contributed by atoms with Crippen molar-refractivity contribution in [3.63, 3.8) is 0 Å². The van der Waals surface area contributed by atoms with Gasteiger partial charge in [0.1, 0.15) is 19.1 Å². The van der Waals surface area contributed by atoms with Crippen LogP contribution in [-0.2, 0) is 37.3 Å². The molecular formula is C35H43N3O8S. The molecule has 2 unspecified atom stereocenters. The highest BCUT2D eigenvalue weighted by molar-refractivity contribution is 7.89. The second-order valence-corrected chi connectivity index (χ2v) is 14.2. The van der Waals surface area contributed by atoms with Gasteiger partial charge in [0, 0.05) is 19.5 Å². The summed E-state index contributed by atoms with van der Waals surface area (Å²) in [4.78, 5) is 12.9. The van der Waals surface area contributed by atoms with Gasteiger partial charge in [-0.15, -0.1) is 0 Å². The average Bonchev–Trinajstić information content (AvgIpc) is 3.07. The van der Waals surface area contributed by atoms with E-state index in [4.69, 9.17) is 18.9 Å². The van der Waals surface area contributed by atoms with Crippen molar-refractivity contribution >= 4 is 16.1 Å². The Hall–Kier alpha value is -3.99. The van der Waals surface area contributed by atoms with Crippen LogP contribution in [0.5, 0.6) is 5.75 Å². The summed E-state index contributed by atoms with van der Waals surface area (Å²) in [6.07, 6.45) is -1.81. The third kappa shape index (κ3) is 11.3. The van der Waals surface area contributed by atoms with Gasteiger partial charge in [0.05, 0.1) is 36.3 Å². The van der Waals surface area contributed by atoms with E-state index < -0.39 is 39.8 Å². The zero-order valence-corrected chi connectivity index (χ0v) is 27.6. The van der Waals surface area contributed by atoms with Gasteiger partial charge in [0.2, 0.25) is 10.0 Å². The Morgan fingerprint density at radius 1 is 1.02 bits per heavy atom. The Labute approximate surface area is 277 Å². The highest BCUT2D eigenvalue weighted by Gasteiger charge is 2.35. The van der Waals surface area contributed by atoms with Gasteiger partial charge in [-0.05, 0) is 53.6 Å². The van der Waals surface area contributed by atoms with Crippen molar-refractivity contribution in [2.24, 2.45) is 5.41 Å². The van der Waals surface area contributed by atoms with Gasteiger partial charge in [-0.1, -0.05) is 74.5 Å². The first kappa shape index (κ1) is 35.9. The fourth-order valence-corrected chi connectivity index (χ4v) is 6.80. The molecule has 0 saturated carbocycles. The molecule has 4 rings (SSSR count). The van der Waals surface area contributed by atoms with Crippen LogP contribution < -0.4 is 10.1 Å². The summed E-state index contributed by atoms with van der Waals surface area (Å²) in [5.41, 5.74) is 1.21. The first-order chi connectivity index (χ1) is 22.6. The number of carbonyl (C=O) groups is 1. The lowest BCUT2D eigenvalue weighted by Crippen LogP contribution is -2.52. The number of rotatable bonds is 16. The summed E-state index contributed by atoms with van der Waals surface area (Å²) >= 11 is 0. The minimum Gasteiger partial charge on any atom is -0.489 e. The molecule has 0 aromatic heterocycles. The molecule has 3 aromatic rings. The molecule has 1 aliphatic heterocycles. The SMILES string of the molecule is CC(C)(CCC#N)CN(CC(O)C(Cc1ccccc1)NC(=O)OC1COCOC1)S(=O)(=O)c1ccc(OCc2ccccc2)cc1. The van der Waals surface area contributed by atoms with Crippen LogP contribution in [-0.4, -0.2) is 75.3 Å². The van der Waals surface area contributed by atoms with Crippen LogP contribution >= 0.6 is 0 Å². The topological polar surface area (TPSA) is 147 Å². The number of ether oxygens (including phenoxy) is 4. The fourth-order valence-electron chi connectivity index (χ4n) is 5.15. The quantitative estimate of drug-likeness (QED) is 0.223. The molecule has 0 aliphatic carbocycles. The molecule has 2 atom stereocenters. The number of benzene rings is 3. The van der Waals surface area contributed by atoms with Crippen molar-refractivity contribution < 1.29 is 37.3 Å². The van der Waals surface area contributed by atoms with Gasteiger partial charge < -0.3 is 29.4 Å². The van der Waals surface area contributed by atoms with Crippen molar-refractivity contribution in [1.29, 1.82) is 5.26 Å². The number of nitrogens with zero attached hydrogens (tertiary/aromatic N) is 2. The third-order valence-electron chi connectivity index (χ3n) is 7.73. The van der Waals surface area contributed by atoms with E-state index in [0.717, 1.165) is 11.1 Å². The van der Waals surface area contributed by atoms with E-state index in [1.54, 1.807) is 12.1 Å². The predicted octanol–water partition coefficient (Wildman–Crippen LogP) is 4.66. The molecule has 252 valence electrons. The molecule has 1 aliphatic rings. The molecule has 3 aromatic carbocycles. The molecule has 1 fully saturated rings. The number of alkyl carbamates (subject to hydrolysis) is 1. The molecule has 2 N–H and O–H groups in total.